The number of rotatable bonds is 1. The molecule has 5 rings (SSSR count). The third kappa shape index (κ3) is 0.956. The van der Waals surface area contributed by atoms with E-state index in [1.165, 1.54) is 36.3 Å². The molecule has 8 unspecified atom stereocenters. The first-order chi connectivity index (χ1) is 8.35. The van der Waals surface area contributed by atoms with Gasteiger partial charge in [0, 0.05) is 0 Å². The topological polar surface area (TPSA) is 0 Å². The van der Waals surface area contributed by atoms with E-state index in [0.29, 0.717) is 0 Å². The first kappa shape index (κ1) is 10.2. The van der Waals surface area contributed by atoms with Crippen molar-refractivity contribution in [3.8, 4) is 0 Å². The van der Waals surface area contributed by atoms with E-state index in [1.54, 1.807) is 32.1 Å². The highest BCUT2D eigenvalue weighted by atomic mass is 32.1. The summed E-state index contributed by atoms with van der Waals surface area (Å²) >= 11 is 4.81. The Hall–Kier alpha value is 0.350. The summed E-state index contributed by atoms with van der Waals surface area (Å²) in [6.07, 6.45) is 11.0. The Balaban J connectivity index is 1.61. The summed E-state index contributed by atoms with van der Waals surface area (Å²) in [5.74, 6) is 9.24. The van der Waals surface area contributed by atoms with Crippen molar-refractivity contribution in [1.29, 1.82) is 0 Å². The van der Waals surface area contributed by atoms with E-state index in [4.69, 9.17) is 12.6 Å². The molecule has 5 saturated carbocycles. The molecule has 0 nitrogen and oxygen atoms in total. The lowest BCUT2D eigenvalue weighted by Gasteiger charge is -2.48. The second-order valence-corrected chi connectivity index (χ2v) is 8.20. The highest BCUT2D eigenvalue weighted by molar-refractivity contribution is 7.80. The minimum Gasteiger partial charge on any atom is -0.179 e. The Morgan fingerprint density at radius 2 is 1.76 bits per heavy atom. The van der Waals surface area contributed by atoms with Gasteiger partial charge in [-0.1, -0.05) is 6.42 Å². The Kier molecular flexibility index (Phi) is 1.85. The Labute approximate surface area is 110 Å². The molecule has 5 fully saturated rings. The highest BCUT2D eigenvalue weighted by Crippen LogP contribution is 2.76. The van der Waals surface area contributed by atoms with Gasteiger partial charge in [-0.25, -0.2) is 0 Å². The summed E-state index contributed by atoms with van der Waals surface area (Å²) in [7, 11) is 0. The maximum absolute atomic E-state index is 4.81. The summed E-state index contributed by atoms with van der Waals surface area (Å²) in [4.78, 5) is 0. The number of thiol groups is 1. The minimum absolute atomic E-state index is 0.722. The van der Waals surface area contributed by atoms with Crippen molar-refractivity contribution >= 4 is 12.6 Å². The predicted molar refractivity (Wildman–Crippen MR) is 73.0 cm³/mol. The summed E-state index contributed by atoms with van der Waals surface area (Å²) in [5.41, 5.74) is 0.722. The largest absolute Gasteiger partial charge is 0.179 e. The van der Waals surface area contributed by atoms with Gasteiger partial charge in [-0.3, -0.25) is 0 Å². The maximum atomic E-state index is 4.81. The van der Waals surface area contributed by atoms with Gasteiger partial charge in [-0.05, 0) is 91.1 Å². The van der Waals surface area contributed by atoms with E-state index < -0.39 is 0 Å². The zero-order chi connectivity index (χ0) is 11.2. The third-order valence-corrected chi connectivity index (χ3v) is 8.57. The van der Waals surface area contributed by atoms with Crippen LogP contribution < -0.4 is 0 Å². The van der Waals surface area contributed by atoms with Crippen LogP contribution in [0.15, 0.2) is 0 Å². The van der Waals surface area contributed by atoms with Gasteiger partial charge in [0.05, 0.1) is 0 Å². The third-order valence-electron chi connectivity index (χ3n) is 7.98. The molecule has 17 heavy (non-hydrogen) atoms. The minimum atomic E-state index is 0.722. The summed E-state index contributed by atoms with van der Waals surface area (Å²) < 4.78 is 0. The fraction of sp³-hybridized carbons (Fsp3) is 1.00. The molecule has 0 saturated heterocycles. The van der Waals surface area contributed by atoms with Gasteiger partial charge in [0.2, 0.25) is 0 Å². The number of fused-ring (bicyclic) bond motifs is 12. The Morgan fingerprint density at radius 1 is 0.941 bits per heavy atom. The van der Waals surface area contributed by atoms with Gasteiger partial charge < -0.3 is 0 Å². The lowest BCUT2D eigenvalue weighted by atomic mass is 9.58. The SMILES string of the molecule is SCC12CCCC1C1CC2C2C3CCC(C3)C12. The van der Waals surface area contributed by atoms with E-state index in [1.807, 2.05) is 0 Å². The zero-order valence-electron chi connectivity index (χ0n) is 10.6. The summed E-state index contributed by atoms with van der Waals surface area (Å²) in [6.45, 7) is 0. The van der Waals surface area contributed by atoms with Gasteiger partial charge in [-0.15, -0.1) is 0 Å². The van der Waals surface area contributed by atoms with Crippen LogP contribution in [0.5, 0.6) is 0 Å². The molecular weight excluding hydrogens is 224 g/mol. The zero-order valence-corrected chi connectivity index (χ0v) is 11.5. The molecule has 5 aliphatic rings. The van der Waals surface area contributed by atoms with Crippen molar-refractivity contribution in [2.75, 3.05) is 5.75 Å². The van der Waals surface area contributed by atoms with E-state index in [0.717, 1.165) is 29.1 Å². The lowest BCUT2D eigenvalue weighted by Crippen LogP contribution is -2.44. The molecule has 8 atom stereocenters. The molecule has 0 aliphatic heterocycles. The van der Waals surface area contributed by atoms with Crippen LogP contribution in [0.1, 0.15) is 44.9 Å². The van der Waals surface area contributed by atoms with Crippen LogP contribution in [0.25, 0.3) is 0 Å². The molecule has 4 bridgehead atoms. The number of hydrogen-bond donors (Lipinski definition) is 1. The maximum Gasteiger partial charge on any atom is -0.00356 e. The van der Waals surface area contributed by atoms with Gasteiger partial charge in [-0.2, -0.15) is 12.6 Å². The Bertz CT molecular complexity index is 363. The summed E-state index contributed by atoms with van der Waals surface area (Å²) in [5, 5.41) is 0. The van der Waals surface area contributed by atoms with Crippen LogP contribution in [0.3, 0.4) is 0 Å². The van der Waals surface area contributed by atoms with Crippen LogP contribution in [0.4, 0.5) is 0 Å². The molecule has 1 heteroatoms. The molecule has 0 heterocycles. The standard InChI is InChI=1S/C16H24S/c17-8-16-5-1-2-12(16)11-7-13(16)15-10-4-3-9(6-10)14(11)15/h9-15,17H,1-8H2. The van der Waals surface area contributed by atoms with Crippen LogP contribution in [-0.4, -0.2) is 5.75 Å². The molecule has 0 spiro atoms. The monoisotopic (exact) mass is 248 g/mol. The van der Waals surface area contributed by atoms with Crippen LogP contribution in [-0.2, 0) is 0 Å². The second kappa shape index (κ2) is 3.08. The van der Waals surface area contributed by atoms with E-state index in [2.05, 4.69) is 0 Å². The molecule has 5 aliphatic carbocycles. The molecular formula is C16H24S. The van der Waals surface area contributed by atoms with Crippen molar-refractivity contribution < 1.29 is 0 Å². The molecule has 0 amide bonds. The molecule has 0 aromatic rings. The van der Waals surface area contributed by atoms with Gasteiger partial charge >= 0.3 is 0 Å². The number of hydrogen-bond acceptors (Lipinski definition) is 1. The van der Waals surface area contributed by atoms with Crippen molar-refractivity contribution in [3.63, 3.8) is 0 Å². The van der Waals surface area contributed by atoms with E-state index in [-0.39, 0.29) is 0 Å². The molecule has 0 aromatic carbocycles. The van der Waals surface area contributed by atoms with Gasteiger partial charge in [0.25, 0.3) is 0 Å². The average Bonchev–Trinajstić information content (AvgIpc) is 3.11. The Morgan fingerprint density at radius 3 is 2.59 bits per heavy atom. The first-order valence-electron chi connectivity index (χ1n) is 7.96. The van der Waals surface area contributed by atoms with Crippen LogP contribution in [0, 0.1) is 46.8 Å². The highest BCUT2D eigenvalue weighted by Gasteiger charge is 2.70. The quantitative estimate of drug-likeness (QED) is 0.526. The van der Waals surface area contributed by atoms with E-state index >= 15 is 0 Å². The molecule has 0 radical (unpaired) electrons. The fourth-order valence-electron chi connectivity index (χ4n) is 7.81. The van der Waals surface area contributed by atoms with Crippen molar-refractivity contribution in [2.24, 2.45) is 46.8 Å². The fourth-order valence-corrected chi connectivity index (χ4v) is 8.44. The van der Waals surface area contributed by atoms with E-state index in [9.17, 15) is 0 Å². The smallest absolute Gasteiger partial charge is 0.00356 e. The van der Waals surface area contributed by atoms with Gasteiger partial charge in [0.1, 0.15) is 0 Å². The van der Waals surface area contributed by atoms with Crippen molar-refractivity contribution in [3.05, 3.63) is 0 Å². The normalized spacial score (nSPS) is 66.5. The first-order valence-corrected chi connectivity index (χ1v) is 8.59. The van der Waals surface area contributed by atoms with Crippen LogP contribution in [0.2, 0.25) is 0 Å². The van der Waals surface area contributed by atoms with Gasteiger partial charge in [0.15, 0.2) is 0 Å². The summed E-state index contributed by atoms with van der Waals surface area (Å²) in [6, 6.07) is 0. The molecule has 0 N–H and O–H groups in total. The van der Waals surface area contributed by atoms with Crippen molar-refractivity contribution in [2.45, 2.75) is 44.9 Å². The average molecular weight is 248 g/mol. The molecule has 0 aromatic heterocycles. The predicted octanol–water partition coefficient (Wildman–Crippen LogP) is 4.01. The molecule has 94 valence electrons. The second-order valence-electron chi connectivity index (χ2n) is 7.88. The lowest BCUT2D eigenvalue weighted by molar-refractivity contribution is 0.0147. The van der Waals surface area contributed by atoms with Crippen LogP contribution >= 0.6 is 12.6 Å². The van der Waals surface area contributed by atoms with Crippen molar-refractivity contribution in [1.82, 2.24) is 0 Å².